The number of benzene rings is 2. The molecule has 0 saturated carbocycles. The summed E-state index contributed by atoms with van der Waals surface area (Å²) >= 11 is 0. The van der Waals surface area contributed by atoms with Gasteiger partial charge in [0.1, 0.15) is 23.8 Å². The lowest BCUT2D eigenvalue weighted by Gasteiger charge is -2.12. The quantitative estimate of drug-likeness (QED) is 0.516. The highest BCUT2D eigenvalue weighted by molar-refractivity contribution is 5.97. The number of aromatic nitrogens is 1. The lowest BCUT2D eigenvalue weighted by molar-refractivity contribution is 0.0941. The molecule has 0 aliphatic carbocycles. The standard InChI is InChI=1S/C23H22N2O3/c1-17-14-20-22(28-17)15-21(23(26)24-16-18-8-4-2-5-9-18)25(20)12-13-27-19-10-6-3-7-11-19/h2-11,14-15H,12-13,16H2,1H3,(H,24,26). The summed E-state index contributed by atoms with van der Waals surface area (Å²) < 4.78 is 13.5. The molecule has 0 fully saturated rings. The van der Waals surface area contributed by atoms with Crippen LogP contribution in [0.25, 0.3) is 11.1 Å². The van der Waals surface area contributed by atoms with Gasteiger partial charge >= 0.3 is 0 Å². The molecule has 0 aliphatic heterocycles. The van der Waals surface area contributed by atoms with Crippen LogP contribution in [0.1, 0.15) is 21.8 Å². The smallest absolute Gasteiger partial charge is 0.268 e. The van der Waals surface area contributed by atoms with Gasteiger partial charge in [-0.25, -0.2) is 0 Å². The van der Waals surface area contributed by atoms with E-state index in [1.807, 2.05) is 78.2 Å². The summed E-state index contributed by atoms with van der Waals surface area (Å²) in [7, 11) is 0. The maximum atomic E-state index is 12.8. The van der Waals surface area contributed by atoms with E-state index in [2.05, 4.69) is 5.32 Å². The van der Waals surface area contributed by atoms with Gasteiger partial charge < -0.3 is 19.0 Å². The molecule has 0 spiro atoms. The predicted octanol–water partition coefficient (Wildman–Crippen LogP) is 4.55. The van der Waals surface area contributed by atoms with Gasteiger partial charge in [0.05, 0.1) is 12.1 Å². The van der Waals surface area contributed by atoms with Gasteiger partial charge in [-0.05, 0) is 24.6 Å². The highest BCUT2D eigenvalue weighted by Crippen LogP contribution is 2.24. The van der Waals surface area contributed by atoms with Crippen molar-refractivity contribution in [2.24, 2.45) is 0 Å². The number of para-hydroxylation sites is 1. The van der Waals surface area contributed by atoms with Gasteiger partial charge in [0.25, 0.3) is 5.91 Å². The van der Waals surface area contributed by atoms with E-state index in [0.717, 1.165) is 22.6 Å². The molecular formula is C23H22N2O3. The molecule has 5 nitrogen and oxygen atoms in total. The third-order valence-corrected chi connectivity index (χ3v) is 4.57. The summed E-state index contributed by atoms with van der Waals surface area (Å²) in [5, 5.41) is 2.99. The number of hydrogen-bond acceptors (Lipinski definition) is 3. The number of carbonyl (C=O) groups is 1. The Hall–Kier alpha value is -3.47. The van der Waals surface area contributed by atoms with Crippen LogP contribution in [0.15, 0.2) is 77.2 Å². The van der Waals surface area contributed by atoms with Crippen molar-refractivity contribution in [2.75, 3.05) is 6.61 Å². The Morgan fingerprint density at radius 2 is 1.75 bits per heavy atom. The predicted molar refractivity (Wildman–Crippen MR) is 108 cm³/mol. The van der Waals surface area contributed by atoms with Gasteiger partial charge in [0, 0.05) is 18.7 Å². The molecule has 142 valence electrons. The fourth-order valence-corrected chi connectivity index (χ4v) is 3.23. The average molecular weight is 374 g/mol. The molecule has 4 rings (SSSR count). The van der Waals surface area contributed by atoms with Gasteiger partial charge in [0.15, 0.2) is 5.58 Å². The number of carbonyl (C=O) groups excluding carboxylic acids is 1. The highest BCUT2D eigenvalue weighted by Gasteiger charge is 2.18. The van der Waals surface area contributed by atoms with Crippen LogP contribution >= 0.6 is 0 Å². The molecule has 0 aliphatic rings. The summed E-state index contributed by atoms with van der Waals surface area (Å²) in [5.41, 5.74) is 3.24. The van der Waals surface area contributed by atoms with Gasteiger partial charge in [-0.2, -0.15) is 0 Å². The van der Waals surface area contributed by atoms with E-state index in [4.69, 9.17) is 9.15 Å². The summed E-state index contributed by atoms with van der Waals surface area (Å²) in [6.07, 6.45) is 0. The number of rotatable bonds is 7. The molecule has 1 N–H and O–H groups in total. The molecule has 4 aromatic rings. The van der Waals surface area contributed by atoms with Crippen molar-refractivity contribution in [1.82, 2.24) is 9.88 Å². The van der Waals surface area contributed by atoms with E-state index in [-0.39, 0.29) is 5.91 Å². The first-order chi connectivity index (χ1) is 13.7. The first-order valence-corrected chi connectivity index (χ1v) is 9.30. The normalized spacial score (nSPS) is 10.9. The maximum absolute atomic E-state index is 12.8. The van der Waals surface area contributed by atoms with Crippen molar-refractivity contribution >= 4 is 17.0 Å². The largest absolute Gasteiger partial charge is 0.492 e. The third-order valence-electron chi connectivity index (χ3n) is 4.57. The van der Waals surface area contributed by atoms with Crippen LogP contribution in [0, 0.1) is 6.92 Å². The van der Waals surface area contributed by atoms with Gasteiger partial charge in [0.2, 0.25) is 0 Å². The first kappa shape index (κ1) is 17.9. The number of aryl methyl sites for hydroxylation is 1. The van der Waals surface area contributed by atoms with E-state index in [0.29, 0.717) is 31.0 Å². The Morgan fingerprint density at radius 3 is 2.50 bits per heavy atom. The van der Waals surface area contributed by atoms with E-state index >= 15 is 0 Å². The highest BCUT2D eigenvalue weighted by atomic mass is 16.5. The van der Waals surface area contributed by atoms with Crippen LogP contribution in [0.3, 0.4) is 0 Å². The minimum absolute atomic E-state index is 0.132. The minimum Gasteiger partial charge on any atom is -0.492 e. The molecule has 0 bridgehead atoms. The van der Waals surface area contributed by atoms with Gasteiger partial charge in [-0.3, -0.25) is 4.79 Å². The van der Waals surface area contributed by atoms with Crippen LogP contribution in [0.2, 0.25) is 0 Å². The fraction of sp³-hybridized carbons (Fsp3) is 0.174. The Kier molecular flexibility index (Phi) is 5.15. The number of furan rings is 1. The lowest BCUT2D eigenvalue weighted by Crippen LogP contribution is -2.26. The van der Waals surface area contributed by atoms with E-state index in [1.165, 1.54) is 0 Å². The summed E-state index contributed by atoms with van der Waals surface area (Å²) in [6, 6.07) is 23.3. The fourth-order valence-electron chi connectivity index (χ4n) is 3.23. The van der Waals surface area contributed by atoms with Crippen LogP contribution in [-0.2, 0) is 13.1 Å². The number of hydrogen-bond donors (Lipinski definition) is 1. The molecular weight excluding hydrogens is 352 g/mol. The number of nitrogens with zero attached hydrogens (tertiary/aromatic N) is 1. The third kappa shape index (κ3) is 3.93. The number of ether oxygens (including phenoxy) is 1. The van der Waals surface area contributed by atoms with E-state index in [1.54, 1.807) is 6.07 Å². The Labute approximate surface area is 163 Å². The second-order valence-corrected chi connectivity index (χ2v) is 6.62. The number of fused-ring (bicyclic) bond motifs is 1. The van der Waals surface area contributed by atoms with Crippen molar-refractivity contribution in [3.8, 4) is 5.75 Å². The zero-order valence-corrected chi connectivity index (χ0v) is 15.7. The van der Waals surface area contributed by atoms with Gasteiger partial charge in [-0.15, -0.1) is 0 Å². The second-order valence-electron chi connectivity index (χ2n) is 6.62. The Balaban J connectivity index is 1.51. The van der Waals surface area contributed by atoms with Crippen molar-refractivity contribution < 1.29 is 13.9 Å². The van der Waals surface area contributed by atoms with Crippen molar-refractivity contribution in [3.05, 3.63) is 89.8 Å². The molecule has 1 amide bonds. The minimum atomic E-state index is -0.132. The zero-order valence-electron chi connectivity index (χ0n) is 15.7. The van der Waals surface area contributed by atoms with Crippen molar-refractivity contribution in [3.63, 3.8) is 0 Å². The van der Waals surface area contributed by atoms with E-state index in [9.17, 15) is 4.79 Å². The number of nitrogens with one attached hydrogen (secondary N) is 1. The van der Waals surface area contributed by atoms with Crippen molar-refractivity contribution in [2.45, 2.75) is 20.0 Å². The number of amides is 1. The monoisotopic (exact) mass is 374 g/mol. The molecule has 0 radical (unpaired) electrons. The van der Waals surface area contributed by atoms with Crippen LogP contribution in [0.5, 0.6) is 5.75 Å². The SMILES string of the molecule is Cc1cc2c(cc(C(=O)NCc3ccccc3)n2CCOc2ccccc2)o1. The lowest BCUT2D eigenvalue weighted by atomic mass is 10.2. The van der Waals surface area contributed by atoms with E-state index < -0.39 is 0 Å². The van der Waals surface area contributed by atoms with Crippen molar-refractivity contribution in [1.29, 1.82) is 0 Å². The molecule has 28 heavy (non-hydrogen) atoms. The molecule has 5 heteroatoms. The summed E-state index contributed by atoms with van der Waals surface area (Å²) in [6.45, 7) is 3.38. The second kappa shape index (κ2) is 8.05. The van der Waals surface area contributed by atoms with Crippen LogP contribution in [-0.4, -0.2) is 17.1 Å². The summed E-state index contributed by atoms with van der Waals surface area (Å²) in [4.78, 5) is 12.8. The first-order valence-electron chi connectivity index (χ1n) is 9.30. The molecule has 2 aromatic carbocycles. The average Bonchev–Trinajstić information content (AvgIpc) is 3.24. The summed E-state index contributed by atoms with van der Waals surface area (Å²) in [5.74, 6) is 1.50. The molecule has 2 heterocycles. The van der Waals surface area contributed by atoms with Crippen LogP contribution in [0.4, 0.5) is 0 Å². The maximum Gasteiger partial charge on any atom is 0.268 e. The Bertz CT molecular complexity index is 1070. The molecule has 0 saturated heterocycles. The Morgan fingerprint density at radius 1 is 1.04 bits per heavy atom. The molecule has 2 aromatic heterocycles. The van der Waals surface area contributed by atoms with Gasteiger partial charge in [-0.1, -0.05) is 48.5 Å². The zero-order chi connectivity index (χ0) is 19.3. The topological polar surface area (TPSA) is 56.4 Å². The molecule has 0 unspecified atom stereocenters. The van der Waals surface area contributed by atoms with Crippen LogP contribution < -0.4 is 10.1 Å². The molecule has 0 atom stereocenters.